The predicted octanol–water partition coefficient (Wildman–Crippen LogP) is 5.11. The van der Waals surface area contributed by atoms with Crippen molar-refractivity contribution in [3.8, 4) is 0 Å². The van der Waals surface area contributed by atoms with E-state index in [0.29, 0.717) is 10.6 Å². The molecule has 3 aliphatic carbocycles. The van der Waals surface area contributed by atoms with Crippen LogP contribution in [0.4, 0.5) is 0 Å². The maximum atomic E-state index is 12.5. The second-order valence-corrected chi connectivity index (χ2v) is 6.95. The molecule has 0 spiro atoms. The third-order valence-corrected chi connectivity index (χ3v) is 5.77. The third-order valence-electron chi connectivity index (χ3n) is 5.45. The van der Waals surface area contributed by atoms with Crippen LogP contribution in [0.15, 0.2) is 60.7 Å². The van der Waals surface area contributed by atoms with Crippen LogP contribution in [-0.4, -0.2) is 13.1 Å². The number of carbonyl (C=O) groups is 1. The van der Waals surface area contributed by atoms with E-state index in [1.165, 1.54) is 29.4 Å². The van der Waals surface area contributed by atoms with E-state index in [2.05, 4.69) is 54.6 Å². The van der Waals surface area contributed by atoms with Crippen molar-refractivity contribution in [2.75, 3.05) is 7.11 Å². The molecule has 6 rings (SSSR count). The lowest BCUT2D eigenvalue weighted by Gasteiger charge is -2.43. The van der Waals surface area contributed by atoms with Gasteiger partial charge in [-0.3, -0.25) is 0 Å². The summed E-state index contributed by atoms with van der Waals surface area (Å²) in [6, 6.07) is 20.9. The fraction of sp³-hybridized carbons (Fsp3) is 0.136. The first-order valence-corrected chi connectivity index (χ1v) is 8.68. The van der Waals surface area contributed by atoms with Crippen LogP contribution in [0.5, 0.6) is 0 Å². The van der Waals surface area contributed by atoms with Crippen molar-refractivity contribution in [3.63, 3.8) is 0 Å². The summed E-state index contributed by atoms with van der Waals surface area (Å²) in [4.78, 5) is 12.5. The fourth-order valence-corrected chi connectivity index (χ4v) is 4.78. The molecule has 3 aliphatic rings. The zero-order chi connectivity index (χ0) is 17.1. The Hall–Kier alpha value is -2.58. The lowest BCUT2D eigenvalue weighted by Crippen LogP contribution is -2.29. The van der Waals surface area contributed by atoms with Gasteiger partial charge in [-0.2, -0.15) is 0 Å². The summed E-state index contributed by atoms with van der Waals surface area (Å²) in [6.45, 7) is 0. The van der Waals surface area contributed by atoms with Gasteiger partial charge in [-0.25, -0.2) is 4.79 Å². The largest absolute Gasteiger partial charge is 0.465 e. The lowest BCUT2D eigenvalue weighted by molar-refractivity contribution is 0.0599. The van der Waals surface area contributed by atoms with Crippen LogP contribution in [0.3, 0.4) is 0 Å². The Balaban J connectivity index is 1.91. The number of hydrogen-bond donors (Lipinski definition) is 0. The topological polar surface area (TPSA) is 26.3 Å². The number of carbonyl (C=O) groups excluding carboxylic acids is 1. The van der Waals surface area contributed by atoms with Gasteiger partial charge in [0.1, 0.15) is 0 Å². The Morgan fingerprint density at radius 3 is 1.84 bits per heavy atom. The van der Waals surface area contributed by atoms with Gasteiger partial charge in [0.25, 0.3) is 0 Å². The first kappa shape index (κ1) is 14.7. The van der Waals surface area contributed by atoms with Crippen LogP contribution in [0, 0.1) is 0 Å². The van der Waals surface area contributed by atoms with Gasteiger partial charge < -0.3 is 4.74 Å². The molecule has 0 saturated carbocycles. The average Bonchev–Trinajstić information content (AvgIpc) is 2.67. The highest BCUT2D eigenvalue weighted by Gasteiger charge is 2.43. The normalized spacial score (nSPS) is 19.0. The molecular weight excluding hydrogens is 332 g/mol. The van der Waals surface area contributed by atoms with Crippen molar-refractivity contribution in [1.82, 2.24) is 0 Å². The molecular formula is C22H15ClO2. The number of esters is 1. The molecule has 0 fully saturated rings. The Morgan fingerprint density at radius 2 is 1.32 bits per heavy atom. The summed E-state index contributed by atoms with van der Waals surface area (Å²) >= 11 is 6.43. The fourth-order valence-electron chi connectivity index (χ4n) is 4.54. The maximum absolute atomic E-state index is 12.5. The number of ether oxygens (including phenoxy) is 1. The Kier molecular flexibility index (Phi) is 3.07. The van der Waals surface area contributed by atoms with Gasteiger partial charge in [0.15, 0.2) is 0 Å². The molecule has 0 amide bonds. The van der Waals surface area contributed by atoms with Crippen LogP contribution in [0.25, 0.3) is 0 Å². The minimum atomic E-state index is -0.371. The van der Waals surface area contributed by atoms with Crippen molar-refractivity contribution in [1.29, 1.82) is 0 Å². The van der Waals surface area contributed by atoms with Gasteiger partial charge in [0.05, 0.1) is 17.7 Å². The van der Waals surface area contributed by atoms with Gasteiger partial charge in [-0.05, 0) is 39.4 Å². The smallest absolute Gasteiger partial charge is 0.339 e. The average molecular weight is 347 g/mol. The number of hydrogen-bond acceptors (Lipinski definition) is 2. The Labute approximate surface area is 151 Å². The van der Waals surface area contributed by atoms with Gasteiger partial charge >= 0.3 is 5.97 Å². The van der Waals surface area contributed by atoms with E-state index in [-0.39, 0.29) is 17.8 Å². The monoisotopic (exact) mass is 346 g/mol. The Bertz CT molecular complexity index is 990. The quantitative estimate of drug-likeness (QED) is 0.394. The highest BCUT2D eigenvalue weighted by Crippen LogP contribution is 2.57. The van der Waals surface area contributed by atoms with Gasteiger partial charge in [-0.1, -0.05) is 66.2 Å². The second-order valence-electron chi connectivity index (χ2n) is 6.54. The molecule has 3 aromatic rings. The molecule has 25 heavy (non-hydrogen) atoms. The molecule has 0 radical (unpaired) electrons. The van der Waals surface area contributed by atoms with Gasteiger partial charge in [0.2, 0.25) is 0 Å². The molecule has 3 heteroatoms. The molecule has 2 nitrogen and oxygen atoms in total. The van der Waals surface area contributed by atoms with Crippen molar-refractivity contribution < 1.29 is 9.53 Å². The predicted molar refractivity (Wildman–Crippen MR) is 97.6 cm³/mol. The summed E-state index contributed by atoms with van der Waals surface area (Å²) in [5.74, 6) is -0.224. The Morgan fingerprint density at radius 1 is 0.800 bits per heavy atom. The van der Waals surface area contributed by atoms with Crippen LogP contribution in [-0.2, 0) is 4.74 Å². The van der Waals surface area contributed by atoms with E-state index in [0.717, 1.165) is 11.1 Å². The second kappa shape index (κ2) is 5.21. The first-order valence-electron chi connectivity index (χ1n) is 8.30. The summed E-state index contributed by atoms with van der Waals surface area (Å²) < 4.78 is 5.04. The number of methoxy groups -OCH3 is 1. The van der Waals surface area contributed by atoms with E-state index in [1.54, 1.807) is 0 Å². The van der Waals surface area contributed by atoms with Crippen LogP contribution >= 0.6 is 11.6 Å². The summed E-state index contributed by atoms with van der Waals surface area (Å²) in [7, 11) is 1.40. The number of halogens is 1. The van der Waals surface area contributed by atoms with E-state index in [1.807, 2.05) is 6.07 Å². The first-order chi connectivity index (χ1) is 12.2. The molecule has 0 aromatic heterocycles. The van der Waals surface area contributed by atoms with Crippen LogP contribution in [0.1, 0.15) is 55.6 Å². The maximum Gasteiger partial charge on any atom is 0.339 e. The summed E-state index contributed by atoms with van der Waals surface area (Å²) in [5, 5.41) is 0.452. The molecule has 0 N–H and O–H groups in total. The molecule has 3 aromatic carbocycles. The summed E-state index contributed by atoms with van der Waals surface area (Å²) in [5.41, 5.74) is 7.81. The molecule has 2 bridgehead atoms. The molecule has 0 aliphatic heterocycles. The van der Waals surface area contributed by atoms with Crippen LogP contribution in [0.2, 0.25) is 5.02 Å². The summed E-state index contributed by atoms with van der Waals surface area (Å²) in [6.07, 6.45) is 0. The van der Waals surface area contributed by atoms with Crippen molar-refractivity contribution in [2.24, 2.45) is 0 Å². The van der Waals surface area contributed by atoms with Crippen molar-refractivity contribution in [2.45, 2.75) is 11.8 Å². The minimum Gasteiger partial charge on any atom is -0.465 e. The molecule has 0 unspecified atom stereocenters. The molecule has 122 valence electrons. The van der Waals surface area contributed by atoms with Gasteiger partial charge in [-0.15, -0.1) is 0 Å². The van der Waals surface area contributed by atoms with E-state index in [4.69, 9.17) is 16.3 Å². The lowest BCUT2D eigenvalue weighted by atomic mass is 9.60. The zero-order valence-electron chi connectivity index (χ0n) is 13.6. The SMILES string of the molecule is COC(=O)c1c(Cl)ccc2c1C1c3ccccc3C2c2ccccc21. The van der Waals surface area contributed by atoms with Crippen LogP contribution < -0.4 is 0 Å². The molecule has 0 saturated heterocycles. The highest BCUT2D eigenvalue weighted by atomic mass is 35.5. The highest BCUT2D eigenvalue weighted by molar-refractivity contribution is 6.34. The van der Waals surface area contributed by atoms with E-state index < -0.39 is 0 Å². The van der Waals surface area contributed by atoms with Gasteiger partial charge in [0, 0.05) is 11.8 Å². The zero-order valence-corrected chi connectivity index (χ0v) is 14.4. The number of rotatable bonds is 1. The van der Waals surface area contributed by atoms with Crippen molar-refractivity contribution in [3.05, 3.63) is 105 Å². The third kappa shape index (κ3) is 1.83. The van der Waals surface area contributed by atoms with E-state index >= 15 is 0 Å². The minimum absolute atomic E-state index is 0.0141. The molecule has 0 heterocycles. The number of benzene rings is 3. The standard InChI is InChI=1S/C22H15ClO2/c1-25-22(24)21-17(23)11-10-16-18-12-6-2-4-8-14(12)19(20(16)21)15-9-5-3-7-13(15)18/h2-11,18-19H,1H3. The van der Waals surface area contributed by atoms with Crippen molar-refractivity contribution >= 4 is 17.6 Å². The van der Waals surface area contributed by atoms with E-state index in [9.17, 15) is 4.79 Å². The molecule has 0 atom stereocenters.